The molecule has 0 spiro atoms. The van der Waals surface area contributed by atoms with Gasteiger partial charge in [0.2, 0.25) is 0 Å². The second kappa shape index (κ2) is 15.5. The Kier molecular flexibility index (Phi) is 13.9. The van der Waals surface area contributed by atoms with Gasteiger partial charge in [0.15, 0.2) is 0 Å². The van der Waals surface area contributed by atoms with Crippen molar-refractivity contribution in [2.75, 3.05) is 0 Å². The van der Waals surface area contributed by atoms with Crippen molar-refractivity contribution in [3.8, 4) is 0 Å². The smallest absolute Gasteiger partial charge is 0.0397 e. The third-order valence-corrected chi connectivity index (χ3v) is 3.80. The number of benzene rings is 2. The van der Waals surface area contributed by atoms with Gasteiger partial charge < -0.3 is 5.32 Å². The first-order valence-corrected chi connectivity index (χ1v) is 9.50. The highest BCUT2D eigenvalue weighted by atomic mass is 14.8. The third-order valence-electron chi connectivity index (χ3n) is 3.80. The molecule has 0 radical (unpaired) electrons. The quantitative estimate of drug-likeness (QED) is 0.529. The number of hydrogen-bond donors (Lipinski definition) is 1. The van der Waals surface area contributed by atoms with Crippen molar-refractivity contribution in [1.82, 2.24) is 5.32 Å². The Morgan fingerprint density at radius 1 is 0.926 bits per heavy atom. The summed E-state index contributed by atoms with van der Waals surface area (Å²) >= 11 is 0. The highest BCUT2D eigenvalue weighted by Crippen LogP contribution is 2.14. The third kappa shape index (κ3) is 10.7. The SMILES string of the molecule is C=C/C=C\C=C(/C)c1ccc(C)cc1.C=CNCc1ccccc1C.CC. The van der Waals surface area contributed by atoms with Crippen LogP contribution in [0, 0.1) is 13.8 Å². The molecule has 0 heterocycles. The summed E-state index contributed by atoms with van der Waals surface area (Å²) in [6.07, 6.45) is 9.51. The zero-order chi connectivity index (χ0) is 20.5. The number of hydrogen-bond acceptors (Lipinski definition) is 1. The van der Waals surface area contributed by atoms with Crippen molar-refractivity contribution < 1.29 is 0 Å². The van der Waals surface area contributed by atoms with E-state index in [-0.39, 0.29) is 0 Å². The van der Waals surface area contributed by atoms with Crippen LogP contribution in [0.5, 0.6) is 0 Å². The average molecular weight is 362 g/mol. The van der Waals surface area contributed by atoms with Crippen LogP contribution in [0.3, 0.4) is 0 Å². The predicted octanol–water partition coefficient (Wildman–Crippen LogP) is 7.39. The number of aryl methyl sites for hydroxylation is 2. The summed E-state index contributed by atoms with van der Waals surface area (Å²) in [5.74, 6) is 0. The average Bonchev–Trinajstić information content (AvgIpc) is 2.70. The van der Waals surface area contributed by atoms with E-state index in [9.17, 15) is 0 Å². The molecule has 1 heteroatoms. The Labute approximate surface area is 166 Å². The summed E-state index contributed by atoms with van der Waals surface area (Å²) in [5, 5.41) is 3.07. The molecule has 144 valence electrons. The molecule has 0 saturated heterocycles. The van der Waals surface area contributed by atoms with Crippen molar-refractivity contribution in [1.29, 1.82) is 0 Å². The molecule has 0 fully saturated rings. The van der Waals surface area contributed by atoms with Gasteiger partial charge in [-0.1, -0.05) is 105 Å². The van der Waals surface area contributed by atoms with Crippen LogP contribution < -0.4 is 5.32 Å². The largest absolute Gasteiger partial charge is 0.387 e. The lowest BCUT2D eigenvalue weighted by Crippen LogP contribution is -2.04. The molecule has 0 saturated carbocycles. The van der Waals surface area contributed by atoms with E-state index in [4.69, 9.17) is 0 Å². The second-order valence-corrected chi connectivity index (χ2v) is 5.85. The zero-order valence-electron chi connectivity index (χ0n) is 17.6. The zero-order valence-corrected chi connectivity index (χ0v) is 17.6. The number of rotatable bonds is 6. The van der Waals surface area contributed by atoms with Gasteiger partial charge in [-0.3, -0.25) is 0 Å². The van der Waals surface area contributed by atoms with Crippen molar-refractivity contribution >= 4 is 5.57 Å². The second-order valence-electron chi connectivity index (χ2n) is 5.85. The predicted molar refractivity (Wildman–Crippen MR) is 124 cm³/mol. The minimum Gasteiger partial charge on any atom is -0.387 e. The maximum absolute atomic E-state index is 3.63. The molecule has 27 heavy (non-hydrogen) atoms. The van der Waals surface area contributed by atoms with Crippen LogP contribution in [-0.2, 0) is 6.54 Å². The molecule has 0 aliphatic rings. The summed E-state index contributed by atoms with van der Waals surface area (Å²) < 4.78 is 0. The molecule has 0 aromatic heterocycles. The first-order chi connectivity index (χ1) is 13.1. The molecule has 1 N–H and O–H groups in total. The molecule has 0 unspecified atom stereocenters. The fourth-order valence-corrected chi connectivity index (χ4v) is 2.18. The number of nitrogens with one attached hydrogen (secondary N) is 1. The molecule has 0 aliphatic heterocycles. The van der Waals surface area contributed by atoms with Crippen molar-refractivity contribution in [2.24, 2.45) is 0 Å². The molecule has 0 amide bonds. The molecule has 2 aromatic rings. The van der Waals surface area contributed by atoms with E-state index in [1.54, 1.807) is 12.3 Å². The van der Waals surface area contributed by atoms with E-state index in [0.717, 1.165) is 6.54 Å². The Hall–Kier alpha value is -2.80. The summed E-state index contributed by atoms with van der Waals surface area (Å²) in [5.41, 5.74) is 6.48. The van der Waals surface area contributed by atoms with Crippen molar-refractivity contribution in [3.63, 3.8) is 0 Å². The van der Waals surface area contributed by atoms with Gasteiger partial charge in [0.25, 0.3) is 0 Å². The highest BCUT2D eigenvalue weighted by Gasteiger charge is 1.93. The maximum Gasteiger partial charge on any atom is 0.0397 e. The summed E-state index contributed by atoms with van der Waals surface area (Å²) in [7, 11) is 0. The Morgan fingerprint density at radius 3 is 2.11 bits per heavy atom. The van der Waals surface area contributed by atoms with Crippen LogP contribution in [0.1, 0.15) is 43.0 Å². The van der Waals surface area contributed by atoms with E-state index in [0.29, 0.717) is 0 Å². The molecular weight excluding hydrogens is 326 g/mol. The lowest BCUT2D eigenvalue weighted by atomic mass is 10.1. The summed E-state index contributed by atoms with van der Waals surface area (Å²) in [4.78, 5) is 0. The monoisotopic (exact) mass is 361 g/mol. The first-order valence-electron chi connectivity index (χ1n) is 9.50. The molecule has 0 aliphatic carbocycles. The lowest BCUT2D eigenvalue weighted by Gasteiger charge is -2.03. The lowest BCUT2D eigenvalue weighted by molar-refractivity contribution is 0.865. The molecule has 2 aromatic carbocycles. The molecule has 1 nitrogen and oxygen atoms in total. The van der Waals surface area contributed by atoms with E-state index >= 15 is 0 Å². The van der Waals surface area contributed by atoms with Gasteiger partial charge in [-0.2, -0.15) is 0 Å². The standard InChI is InChI=1S/C14H16.C10H13N.C2H6/c1-4-5-6-7-13(3)14-10-8-12(2)9-11-14;1-3-11-8-10-7-5-4-6-9(10)2;1-2/h4-11H,1H2,2-3H3;3-7,11H,1,8H2,2H3;1-2H3/b6-5-,13-7+;;. The highest BCUT2D eigenvalue weighted by molar-refractivity contribution is 5.65. The van der Waals surface area contributed by atoms with Crippen LogP contribution in [0.2, 0.25) is 0 Å². The van der Waals surface area contributed by atoms with Crippen LogP contribution in [0.15, 0.2) is 92.2 Å². The Morgan fingerprint density at radius 2 is 1.56 bits per heavy atom. The maximum atomic E-state index is 3.63. The summed E-state index contributed by atoms with van der Waals surface area (Å²) in [6.45, 7) is 18.4. The van der Waals surface area contributed by atoms with Gasteiger partial charge in [0.05, 0.1) is 0 Å². The van der Waals surface area contributed by atoms with E-state index in [2.05, 4.69) is 81.7 Å². The molecule has 0 atom stereocenters. The Bertz CT molecular complexity index is 718. The normalized spacial score (nSPS) is 10.2. The minimum atomic E-state index is 0.871. The van der Waals surface area contributed by atoms with Crippen LogP contribution in [-0.4, -0.2) is 0 Å². The van der Waals surface area contributed by atoms with Gasteiger partial charge in [0, 0.05) is 6.54 Å². The molecule has 0 bridgehead atoms. The van der Waals surface area contributed by atoms with Crippen LogP contribution >= 0.6 is 0 Å². The summed E-state index contributed by atoms with van der Waals surface area (Å²) in [6, 6.07) is 16.9. The van der Waals surface area contributed by atoms with E-state index in [1.807, 2.05) is 38.1 Å². The fourth-order valence-electron chi connectivity index (χ4n) is 2.18. The van der Waals surface area contributed by atoms with Crippen molar-refractivity contribution in [3.05, 3.63) is 114 Å². The molecule has 2 rings (SSSR count). The van der Waals surface area contributed by atoms with Crippen molar-refractivity contribution in [2.45, 2.75) is 41.2 Å². The van der Waals surface area contributed by atoms with Crippen LogP contribution in [0.4, 0.5) is 0 Å². The van der Waals surface area contributed by atoms with Crippen LogP contribution in [0.25, 0.3) is 5.57 Å². The van der Waals surface area contributed by atoms with Gasteiger partial charge in [-0.25, -0.2) is 0 Å². The number of allylic oxidation sites excluding steroid dienone is 5. The first kappa shape index (κ1) is 24.2. The van der Waals surface area contributed by atoms with E-state index < -0.39 is 0 Å². The topological polar surface area (TPSA) is 12.0 Å². The van der Waals surface area contributed by atoms with Gasteiger partial charge >= 0.3 is 0 Å². The van der Waals surface area contributed by atoms with Gasteiger partial charge in [0.1, 0.15) is 0 Å². The Balaban J connectivity index is 0.000000469. The van der Waals surface area contributed by atoms with Gasteiger partial charge in [-0.05, 0) is 49.2 Å². The fraction of sp³-hybridized carbons (Fsp3) is 0.231. The minimum absolute atomic E-state index is 0.871. The molecular formula is C26H35N. The van der Waals surface area contributed by atoms with E-state index in [1.165, 1.54) is 27.8 Å². The van der Waals surface area contributed by atoms with Gasteiger partial charge in [-0.15, -0.1) is 0 Å².